The molecule has 0 spiro atoms. The molecule has 1 heterocycles. The van der Waals surface area contributed by atoms with Crippen molar-refractivity contribution in [3.63, 3.8) is 0 Å². The summed E-state index contributed by atoms with van der Waals surface area (Å²) in [5.41, 5.74) is -0.886. The van der Waals surface area contributed by atoms with Crippen molar-refractivity contribution in [2.45, 2.75) is 23.6 Å². The van der Waals surface area contributed by atoms with E-state index in [4.69, 9.17) is 14.2 Å². The second-order valence-electron chi connectivity index (χ2n) is 8.95. The Kier molecular flexibility index (Phi) is 7.94. The van der Waals surface area contributed by atoms with Crippen molar-refractivity contribution in [3.05, 3.63) is 65.7 Å². The molecule has 1 N–H and O–H groups in total. The molecule has 0 unspecified atom stereocenters. The second-order valence-corrected chi connectivity index (χ2v) is 10.6. The number of hydrogen-bond acceptors (Lipinski definition) is 7. The van der Waals surface area contributed by atoms with Gasteiger partial charge in [-0.25, -0.2) is 8.42 Å². The summed E-state index contributed by atoms with van der Waals surface area (Å²) in [6.07, 6.45) is -4.67. The fourth-order valence-electron chi connectivity index (χ4n) is 4.48. The maximum absolute atomic E-state index is 13.8. The summed E-state index contributed by atoms with van der Waals surface area (Å²) in [6.45, 7) is 1.10. The summed E-state index contributed by atoms with van der Waals surface area (Å²) < 4.78 is 87.5. The Balaban J connectivity index is 1.84. The predicted molar refractivity (Wildman–Crippen MR) is 138 cm³/mol. The molecule has 0 saturated carbocycles. The molecule has 1 fully saturated rings. The standard InChI is InChI=1S/C27H26F3N3O5S/c1-33-12-11-19(16-33)38-23-13-18(9-10-22(23)27(28,29)30)32-39(34,35)26-20(17-7-5-4-6-8-17)14-24(36-2)25(37-3)21(26)15-31/h4-10,13-14,19,32H,11-12,16H2,1-3H3/t19-/m1/s1. The molecule has 4 rings (SSSR count). The summed E-state index contributed by atoms with van der Waals surface area (Å²) >= 11 is 0. The summed E-state index contributed by atoms with van der Waals surface area (Å²) in [5, 5.41) is 9.98. The van der Waals surface area contributed by atoms with Gasteiger partial charge in [-0.1, -0.05) is 30.3 Å². The molecule has 8 nitrogen and oxygen atoms in total. The fourth-order valence-corrected chi connectivity index (χ4v) is 5.90. The van der Waals surface area contributed by atoms with Crippen LogP contribution in [0.15, 0.2) is 59.5 Å². The van der Waals surface area contributed by atoms with Crippen LogP contribution in [0, 0.1) is 11.3 Å². The molecule has 206 valence electrons. The number of methoxy groups -OCH3 is 2. The third-order valence-electron chi connectivity index (χ3n) is 6.27. The van der Waals surface area contributed by atoms with Gasteiger partial charge in [0.05, 0.1) is 25.5 Å². The van der Waals surface area contributed by atoms with Crippen molar-refractivity contribution in [2.24, 2.45) is 0 Å². The van der Waals surface area contributed by atoms with E-state index < -0.39 is 38.5 Å². The van der Waals surface area contributed by atoms with E-state index in [-0.39, 0.29) is 28.3 Å². The molecule has 3 aromatic rings. The van der Waals surface area contributed by atoms with Crippen LogP contribution in [0.3, 0.4) is 0 Å². The molecule has 1 atom stereocenters. The highest BCUT2D eigenvalue weighted by Crippen LogP contribution is 2.43. The van der Waals surface area contributed by atoms with Crippen LogP contribution in [0.4, 0.5) is 18.9 Å². The van der Waals surface area contributed by atoms with Crippen LogP contribution in [-0.4, -0.2) is 53.8 Å². The van der Waals surface area contributed by atoms with E-state index in [9.17, 15) is 26.9 Å². The van der Waals surface area contributed by atoms with Crippen molar-refractivity contribution >= 4 is 15.7 Å². The Morgan fingerprint density at radius 2 is 1.77 bits per heavy atom. The van der Waals surface area contributed by atoms with Crippen LogP contribution in [0.2, 0.25) is 0 Å². The van der Waals surface area contributed by atoms with E-state index in [1.54, 1.807) is 30.3 Å². The minimum Gasteiger partial charge on any atom is -0.493 e. The lowest BCUT2D eigenvalue weighted by Crippen LogP contribution is -2.23. The Morgan fingerprint density at radius 3 is 2.33 bits per heavy atom. The molecular weight excluding hydrogens is 535 g/mol. The van der Waals surface area contributed by atoms with E-state index in [2.05, 4.69) is 4.72 Å². The van der Waals surface area contributed by atoms with Gasteiger partial charge in [-0.2, -0.15) is 18.4 Å². The summed E-state index contributed by atoms with van der Waals surface area (Å²) in [4.78, 5) is 1.52. The van der Waals surface area contributed by atoms with Crippen LogP contribution in [0.1, 0.15) is 17.5 Å². The van der Waals surface area contributed by atoms with Crippen molar-refractivity contribution in [3.8, 4) is 34.4 Å². The second kappa shape index (κ2) is 11.0. The molecule has 1 saturated heterocycles. The zero-order valence-corrected chi connectivity index (χ0v) is 22.2. The Morgan fingerprint density at radius 1 is 1.05 bits per heavy atom. The Labute approximate surface area is 224 Å². The van der Waals surface area contributed by atoms with Gasteiger partial charge in [0.2, 0.25) is 0 Å². The Hall–Kier alpha value is -3.95. The number of ether oxygens (including phenoxy) is 3. The molecule has 0 amide bonds. The van der Waals surface area contributed by atoms with Gasteiger partial charge < -0.3 is 19.1 Å². The van der Waals surface area contributed by atoms with Gasteiger partial charge in [0, 0.05) is 24.7 Å². The lowest BCUT2D eigenvalue weighted by Gasteiger charge is -2.21. The zero-order valence-electron chi connectivity index (χ0n) is 21.4. The molecule has 0 bridgehead atoms. The fraction of sp³-hybridized carbons (Fsp3) is 0.296. The largest absolute Gasteiger partial charge is 0.493 e. The van der Waals surface area contributed by atoms with Gasteiger partial charge in [-0.15, -0.1) is 0 Å². The van der Waals surface area contributed by atoms with Crippen molar-refractivity contribution in [1.29, 1.82) is 5.26 Å². The number of halogens is 3. The number of benzene rings is 3. The molecule has 1 aliphatic heterocycles. The maximum Gasteiger partial charge on any atom is 0.419 e. The number of alkyl halides is 3. The number of nitrogens with one attached hydrogen (secondary N) is 1. The molecule has 39 heavy (non-hydrogen) atoms. The first-order valence-electron chi connectivity index (χ1n) is 11.8. The minimum absolute atomic E-state index is 0.0955. The molecule has 0 aromatic heterocycles. The van der Waals surface area contributed by atoms with Gasteiger partial charge in [0.15, 0.2) is 11.5 Å². The smallest absolute Gasteiger partial charge is 0.419 e. The minimum atomic E-state index is -4.71. The third kappa shape index (κ3) is 5.89. The van der Waals surface area contributed by atoms with E-state index >= 15 is 0 Å². The normalized spacial score (nSPS) is 16.0. The van der Waals surface area contributed by atoms with Gasteiger partial charge >= 0.3 is 6.18 Å². The summed E-state index contributed by atoms with van der Waals surface area (Å²) in [7, 11) is -0.0928. The first-order chi connectivity index (χ1) is 18.5. The first-order valence-corrected chi connectivity index (χ1v) is 13.3. The Bertz CT molecular complexity index is 1510. The van der Waals surface area contributed by atoms with Crippen LogP contribution < -0.4 is 18.9 Å². The highest BCUT2D eigenvalue weighted by molar-refractivity contribution is 7.93. The van der Waals surface area contributed by atoms with Gasteiger partial charge in [0.1, 0.15) is 28.4 Å². The number of anilines is 1. The number of nitrogens with zero attached hydrogens (tertiary/aromatic N) is 2. The number of likely N-dealkylation sites (tertiary alicyclic amines) is 1. The number of hydrogen-bond donors (Lipinski definition) is 1. The lowest BCUT2D eigenvalue weighted by atomic mass is 10.0. The number of rotatable bonds is 8. The first kappa shape index (κ1) is 28.1. The topological polar surface area (TPSA) is 101 Å². The molecule has 3 aromatic carbocycles. The molecule has 0 radical (unpaired) electrons. The number of likely N-dealkylation sites (N-methyl/N-ethyl adjacent to an activating group) is 1. The molecule has 12 heteroatoms. The quantitative estimate of drug-likeness (QED) is 0.406. The number of nitriles is 1. The van der Waals surface area contributed by atoms with E-state index in [1.165, 1.54) is 20.3 Å². The predicted octanol–water partition coefficient (Wildman–Crippen LogP) is 5.14. The zero-order chi connectivity index (χ0) is 28.4. The van der Waals surface area contributed by atoms with Crippen LogP contribution >= 0.6 is 0 Å². The maximum atomic E-state index is 13.8. The van der Waals surface area contributed by atoms with E-state index in [1.807, 2.05) is 18.0 Å². The van der Waals surface area contributed by atoms with E-state index in [0.717, 1.165) is 18.2 Å². The monoisotopic (exact) mass is 561 g/mol. The highest BCUT2D eigenvalue weighted by Gasteiger charge is 2.36. The SMILES string of the molecule is COc1cc(-c2ccccc2)c(S(=O)(=O)Nc2ccc(C(F)(F)F)c(O[C@@H]3CCN(C)C3)c2)c(C#N)c1OC. The lowest BCUT2D eigenvalue weighted by molar-refractivity contribution is -0.139. The van der Waals surface area contributed by atoms with E-state index in [0.29, 0.717) is 25.1 Å². The summed E-state index contributed by atoms with van der Waals surface area (Å²) in [5.74, 6) is -0.445. The molecule has 0 aliphatic carbocycles. The van der Waals surface area contributed by atoms with Crippen LogP contribution in [0.5, 0.6) is 17.2 Å². The molecule has 1 aliphatic rings. The van der Waals surface area contributed by atoms with Gasteiger partial charge in [-0.3, -0.25) is 4.72 Å². The summed E-state index contributed by atoms with van der Waals surface area (Å²) in [6, 6.07) is 14.5. The molecular formula is C27H26F3N3O5S. The van der Waals surface area contributed by atoms with Crippen LogP contribution in [-0.2, 0) is 16.2 Å². The third-order valence-corrected chi connectivity index (χ3v) is 7.73. The van der Waals surface area contributed by atoms with Crippen LogP contribution in [0.25, 0.3) is 11.1 Å². The van der Waals surface area contributed by atoms with Crippen molar-refractivity contribution in [1.82, 2.24) is 4.90 Å². The van der Waals surface area contributed by atoms with Gasteiger partial charge in [0.25, 0.3) is 10.0 Å². The highest BCUT2D eigenvalue weighted by atomic mass is 32.2. The van der Waals surface area contributed by atoms with Crippen molar-refractivity contribution < 1.29 is 35.8 Å². The average Bonchev–Trinajstić information content (AvgIpc) is 3.31. The average molecular weight is 562 g/mol. The van der Waals surface area contributed by atoms with Crippen molar-refractivity contribution in [2.75, 3.05) is 39.1 Å². The van der Waals surface area contributed by atoms with Gasteiger partial charge in [-0.05, 0) is 37.2 Å². The number of sulfonamides is 1.